The second-order valence-corrected chi connectivity index (χ2v) is 5.33. The van der Waals surface area contributed by atoms with Gasteiger partial charge < -0.3 is 4.42 Å². The lowest BCUT2D eigenvalue weighted by molar-refractivity contribution is 0.0817. The normalized spacial score (nSPS) is 11.0. The molecule has 1 heterocycles. The maximum atomic E-state index is 12.5. The molecular weight excluding hydrogens is 288 g/mol. The largest absolute Gasteiger partial charge is 0.456 e. The highest BCUT2D eigenvalue weighted by molar-refractivity contribution is 6.49. The van der Waals surface area contributed by atoms with E-state index in [-0.39, 0.29) is 0 Å². The number of furan rings is 1. The van der Waals surface area contributed by atoms with Gasteiger partial charge in [0.05, 0.1) is 0 Å². The Morgan fingerprint density at radius 1 is 0.609 bits per heavy atom. The van der Waals surface area contributed by atoms with Gasteiger partial charge >= 0.3 is 0 Å². The third-order valence-corrected chi connectivity index (χ3v) is 3.88. The molecule has 0 unspecified atom stereocenters. The fraction of sp³-hybridized carbons (Fsp3) is 0. The van der Waals surface area contributed by atoms with Crippen molar-refractivity contribution >= 4 is 33.5 Å². The summed E-state index contributed by atoms with van der Waals surface area (Å²) in [5, 5.41) is 1.77. The van der Waals surface area contributed by atoms with E-state index in [1.165, 1.54) is 0 Å². The van der Waals surface area contributed by atoms with Crippen LogP contribution in [-0.2, 0) is 0 Å². The lowest BCUT2D eigenvalue weighted by Gasteiger charge is -2.01. The molecule has 0 saturated heterocycles. The van der Waals surface area contributed by atoms with Crippen LogP contribution in [0.3, 0.4) is 0 Å². The average molecular weight is 300 g/mol. The molecular formula is C20H12O3. The van der Waals surface area contributed by atoms with Crippen molar-refractivity contribution in [1.82, 2.24) is 0 Å². The number of benzene rings is 3. The standard InChI is InChI=1S/C20H12O3/c21-19(13-6-2-1-3-7-13)20(22)14-10-11-18-16(12-14)15-8-4-5-9-17(15)23-18/h1-12H. The van der Waals surface area contributed by atoms with Crippen LogP contribution in [0.4, 0.5) is 0 Å². The van der Waals surface area contributed by atoms with Crippen LogP contribution in [0.1, 0.15) is 20.7 Å². The van der Waals surface area contributed by atoms with Crippen LogP contribution in [0.25, 0.3) is 21.9 Å². The highest BCUT2D eigenvalue weighted by Crippen LogP contribution is 2.29. The van der Waals surface area contributed by atoms with Gasteiger partial charge in [-0.2, -0.15) is 0 Å². The molecule has 4 aromatic rings. The van der Waals surface area contributed by atoms with E-state index in [1.54, 1.807) is 42.5 Å². The number of Topliss-reactive ketones (excluding diaryl/α,β-unsaturated/α-hetero) is 2. The topological polar surface area (TPSA) is 47.3 Å². The average Bonchev–Trinajstić information content (AvgIpc) is 2.99. The number of carbonyl (C=O) groups is 2. The molecule has 3 aromatic carbocycles. The minimum Gasteiger partial charge on any atom is -0.456 e. The second kappa shape index (κ2) is 5.21. The summed E-state index contributed by atoms with van der Waals surface area (Å²) in [6.45, 7) is 0. The molecule has 3 nitrogen and oxygen atoms in total. The number of ketones is 2. The van der Waals surface area contributed by atoms with Crippen LogP contribution in [0.5, 0.6) is 0 Å². The highest BCUT2D eigenvalue weighted by atomic mass is 16.3. The Morgan fingerprint density at radius 3 is 2.09 bits per heavy atom. The SMILES string of the molecule is O=C(C(=O)c1ccc2oc3ccccc3c2c1)c1ccccc1. The van der Waals surface area contributed by atoms with E-state index in [0.29, 0.717) is 16.7 Å². The third kappa shape index (κ3) is 2.23. The maximum Gasteiger partial charge on any atom is 0.233 e. The van der Waals surface area contributed by atoms with Gasteiger partial charge in [-0.25, -0.2) is 0 Å². The first kappa shape index (κ1) is 13.5. The molecule has 0 aliphatic carbocycles. The second-order valence-electron chi connectivity index (χ2n) is 5.33. The zero-order valence-electron chi connectivity index (χ0n) is 12.2. The van der Waals surface area contributed by atoms with Crippen molar-refractivity contribution in [2.45, 2.75) is 0 Å². The molecule has 23 heavy (non-hydrogen) atoms. The van der Waals surface area contributed by atoms with Crippen LogP contribution in [0, 0.1) is 0 Å². The van der Waals surface area contributed by atoms with Crippen molar-refractivity contribution in [3.63, 3.8) is 0 Å². The first-order valence-electron chi connectivity index (χ1n) is 7.29. The third-order valence-electron chi connectivity index (χ3n) is 3.88. The molecule has 0 aliphatic rings. The van der Waals surface area contributed by atoms with E-state index in [0.717, 1.165) is 16.4 Å². The number of para-hydroxylation sites is 1. The van der Waals surface area contributed by atoms with Gasteiger partial charge in [0.25, 0.3) is 0 Å². The van der Waals surface area contributed by atoms with E-state index in [4.69, 9.17) is 4.42 Å². The predicted octanol–water partition coefficient (Wildman–Crippen LogP) is 4.65. The number of carbonyl (C=O) groups excluding carboxylic acids is 2. The van der Waals surface area contributed by atoms with Crippen molar-refractivity contribution in [3.8, 4) is 0 Å². The zero-order valence-corrected chi connectivity index (χ0v) is 12.2. The van der Waals surface area contributed by atoms with Gasteiger partial charge in [0, 0.05) is 21.9 Å². The molecule has 0 radical (unpaired) electrons. The first-order valence-corrected chi connectivity index (χ1v) is 7.29. The van der Waals surface area contributed by atoms with E-state index in [9.17, 15) is 9.59 Å². The molecule has 0 aliphatic heterocycles. The molecule has 1 aromatic heterocycles. The van der Waals surface area contributed by atoms with Crippen LogP contribution in [0.15, 0.2) is 77.2 Å². The number of rotatable bonds is 3. The molecule has 0 N–H and O–H groups in total. The summed E-state index contributed by atoms with van der Waals surface area (Å²) < 4.78 is 5.74. The molecule has 0 amide bonds. The molecule has 0 spiro atoms. The van der Waals surface area contributed by atoms with Gasteiger partial charge in [-0.1, -0.05) is 48.5 Å². The van der Waals surface area contributed by atoms with Crippen molar-refractivity contribution in [2.24, 2.45) is 0 Å². The Kier molecular flexibility index (Phi) is 3.05. The molecule has 110 valence electrons. The summed E-state index contributed by atoms with van der Waals surface area (Å²) in [5.41, 5.74) is 2.24. The van der Waals surface area contributed by atoms with Crippen molar-refractivity contribution in [3.05, 3.63) is 83.9 Å². The monoisotopic (exact) mass is 300 g/mol. The summed E-state index contributed by atoms with van der Waals surface area (Å²) in [6, 6.07) is 21.3. The van der Waals surface area contributed by atoms with E-state index in [2.05, 4.69) is 0 Å². The Bertz CT molecular complexity index is 1040. The van der Waals surface area contributed by atoms with E-state index >= 15 is 0 Å². The van der Waals surface area contributed by atoms with Crippen molar-refractivity contribution < 1.29 is 14.0 Å². The van der Waals surface area contributed by atoms with Gasteiger partial charge in [0.2, 0.25) is 11.6 Å². The fourth-order valence-electron chi connectivity index (χ4n) is 2.72. The Hall–Kier alpha value is -3.20. The zero-order chi connectivity index (χ0) is 15.8. The smallest absolute Gasteiger partial charge is 0.233 e. The number of fused-ring (bicyclic) bond motifs is 3. The predicted molar refractivity (Wildman–Crippen MR) is 88.8 cm³/mol. The fourth-order valence-corrected chi connectivity index (χ4v) is 2.72. The van der Waals surface area contributed by atoms with Gasteiger partial charge in [-0.05, 0) is 24.3 Å². The summed E-state index contributed by atoms with van der Waals surface area (Å²) in [7, 11) is 0. The van der Waals surface area contributed by atoms with Crippen LogP contribution >= 0.6 is 0 Å². The molecule has 0 atom stereocenters. The quantitative estimate of drug-likeness (QED) is 0.408. The summed E-state index contributed by atoms with van der Waals surface area (Å²) in [4.78, 5) is 24.8. The van der Waals surface area contributed by atoms with Gasteiger partial charge in [-0.15, -0.1) is 0 Å². The molecule has 4 rings (SSSR count). The number of hydrogen-bond acceptors (Lipinski definition) is 3. The van der Waals surface area contributed by atoms with E-state index < -0.39 is 11.6 Å². The summed E-state index contributed by atoms with van der Waals surface area (Å²) in [6.07, 6.45) is 0. The lowest BCUT2D eigenvalue weighted by Crippen LogP contribution is -2.14. The van der Waals surface area contributed by atoms with Crippen LogP contribution < -0.4 is 0 Å². The first-order chi connectivity index (χ1) is 11.2. The van der Waals surface area contributed by atoms with Gasteiger partial charge in [0.1, 0.15) is 11.2 Å². The highest BCUT2D eigenvalue weighted by Gasteiger charge is 2.19. The van der Waals surface area contributed by atoms with Gasteiger partial charge in [0.15, 0.2) is 0 Å². The van der Waals surface area contributed by atoms with Crippen LogP contribution in [0.2, 0.25) is 0 Å². The molecule has 0 saturated carbocycles. The number of hydrogen-bond donors (Lipinski definition) is 0. The molecule has 3 heteroatoms. The minimum atomic E-state index is -0.511. The Morgan fingerprint density at radius 2 is 1.26 bits per heavy atom. The lowest BCUT2D eigenvalue weighted by atomic mass is 10.00. The molecule has 0 bridgehead atoms. The maximum absolute atomic E-state index is 12.5. The van der Waals surface area contributed by atoms with Gasteiger partial charge in [-0.3, -0.25) is 9.59 Å². The van der Waals surface area contributed by atoms with Crippen molar-refractivity contribution in [2.75, 3.05) is 0 Å². The summed E-state index contributed by atoms with van der Waals surface area (Å²) in [5.74, 6) is -1.01. The minimum absolute atomic E-state index is 0.373. The summed E-state index contributed by atoms with van der Waals surface area (Å²) >= 11 is 0. The van der Waals surface area contributed by atoms with Crippen molar-refractivity contribution in [1.29, 1.82) is 0 Å². The molecule has 0 fully saturated rings. The van der Waals surface area contributed by atoms with E-state index in [1.807, 2.05) is 30.3 Å². The Labute approximate surface area is 132 Å². The van der Waals surface area contributed by atoms with Crippen LogP contribution in [-0.4, -0.2) is 11.6 Å². The Balaban J connectivity index is 1.81.